The summed E-state index contributed by atoms with van der Waals surface area (Å²) in [6, 6.07) is 0. The molecular formula is C5H13ClOSi. The molecule has 0 aromatic heterocycles. The largest absolute Gasteiger partial charge is 0.423 e. The van der Waals surface area contributed by atoms with Crippen LogP contribution < -0.4 is 0 Å². The highest BCUT2D eigenvalue weighted by atomic mass is 35.5. The molecule has 0 radical (unpaired) electrons. The van der Waals surface area contributed by atoms with Gasteiger partial charge in [-0.25, -0.2) is 0 Å². The minimum Gasteiger partial charge on any atom is -0.423 e. The summed E-state index contributed by atoms with van der Waals surface area (Å²) in [4.78, 5) is 0. The standard InChI is InChI=1S/C5H13ClOSi/c1-3-5(6)8-7-4-2/h5H,3-4,8H2,1-2H3. The molecule has 0 aliphatic carbocycles. The topological polar surface area (TPSA) is 9.23 Å². The Morgan fingerprint density at radius 3 is 2.62 bits per heavy atom. The van der Waals surface area contributed by atoms with Crippen LogP contribution in [-0.4, -0.2) is 21.4 Å². The maximum absolute atomic E-state index is 5.78. The van der Waals surface area contributed by atoms with E-state index in [0.29, 0.717) is 5.00 Å². The second-order valence-corrected chi connectivity index (χ2v) is 4.53. The first-order valence-corrected chi connectivity index (χ1v) is 4.86. The molecule has 1 nitrogen and oxygen atoms in total. The van der Waals surface area contributed by atoms with E-state index in [1.54, 1.807) is 0 Å². The Bertz CT molecular complexity index is 51.7. The lowest BCUT2D eigenvalue weighted by molar-refractivity contribution is 0.358. The SMILES string of the molecule is CCO[SiH2]C(Cl)CC. The van der Waals surface area contributed by atoms with E-state index in [9.17, 15) is 0 Å². The van der Waals surface area contributed by atoms with E-state index in [0.717, 1.165) is 13.0 Å². The summed E-state index contributed by atoms with van der Waals surface area (Å²) in [6.07, 6.45) is 1.05. The fraction of sp³-hybridized carbons (Fsp3) is 1.00. The Hall–Kier alpha value is 0.467. The number of halogens is 1. The Kier molecular flexibility index (Phi) is 5.93. The Morgan fingerprint density at radius 2 is 2.25 bits per heavy atom. The van der Waals surface area contributed by atoms with Crippen LogP contribution in [0.3, 0.4) is 0 Å². The summed E-state index contributed by atoms with van der Waals surface area (Å²) < 4.78 is 5.19. The summed E-state index contributed by atoms with van der Waals surface area (Å²) in [5.74, 6) is 0. The van der Waals surface area contributed by atoms with Crippen molar-refractivity contribution in [2.24, 2.45) is 0 Å². The van der Waals surface area contributed by atoms with Gasteiger partial charge in [0.05, 0.1) is 0 Å². The van der Waals surface area contributed by atoms with Crippen molar-refractivity contribution in [1.29, 1.82) is 0 Å². The average molecular weight is 153 g/mol. The zero-order chi connectivity index (χ0) is 6.41. The van der Waals surface area contributed by atoms with Gasteiger partial charge >= 0.3 is 0 Å². The van der Waals surface area contributed by atoms with Crippen molar-refractivity contribution in [3.63, 3.8) is 0 Å². The van der Waals surface area contributed by atoms with Gasteiger partial charge in [-0.05, 0) is 13.3 Å². The van der Waals surface area contributed by atoms with Crippen LogP contribution in [0.1, 0.15) is 20.3 Å². The predicted molar refractivity (Wildman–Crippen MR) is 40.1 cm³/mol. The first-order chi connectivity index (χ1) is 3.81. The maximum Gasteiger partial charge on any atom is 0.179 e. The highest BCUT2D eigenvalue weighted by Gasteiger charge is 1.99. The molecule has 0 amide bonds. The molecule has 0 heterocycles. The minimum atomic E-state index is -0.399. The molecule has 0 rings (SSSR count). The lowest BCUT2D eigenvalue weighted by Crippen LogP contribution is -2.11. The molecule has 50 valence electrons. The van der Waals surface area contributed by atoms with Gasteiger partial charge in [0, 0.05) is 11.6 Å². The summed E-state index contributed by atoms with van der Waals surface area (Å²) >= 11 is 5.78. The highest BCUT2D eigenvalue weighted by molar-refractivity contribution is 6.48. The van der Waals surface area contributed by atoms with E-state index >= 15 is 0 Å². The van der Waals surface area contributed by atoms with Gasteiger partial charge in [0.1, 0.15) is 0 Å². The second kappa shape index (κ2) is 5.60. The number of rotatable bonds is 4. The van der Waals surface area contributed by atoms with E-state index in [2.05, 4.69) is 6.92 Å². The van der Waals surface area contributed by atoms with Crippen molar-refractivity contribution in [3.05, 3.63) is 0 Å². The molecule has 0 spiro atoms. The molecule has 0 aliphatic rings. The zero-order valence-electron chi connectivity index (χ0n) is 5.48. The van der Waals surface area contributed by atoms with Crippen LogP contribution in [0.5, 0.6) is 0 Å². The van der Waals surface area contributed by atoms with Crippen molar-refractivity contribution < 1.29 is 4.43 Å². The molecule has 3 heteroatoms. The third-order valence-electron chi connectivity index (χ3n) is 0.946. The van der Waals surface area contributed by atoms with E-state index in [4.69, 9.17) is 16.0 Å². The van der Waals surface area contributed by atoms with Crippen LogP contribution in [0.2, 0.25) is 0 Å². The van der Waals surface area contributed by atoms with Crippen molar-refractivity contribution in [1.82, 2.24) is 0 Å². The van der Waals surface area contributed by atoms with Gasteiger partial charge in [-0.1, -0.05) is 6.92 Å². The van der Waals surface area contributed by atoms with Crippen molar-refractivity contribution in [3.8, 4) is 0 Å². The molecule has 0 saturated carbocycles. The van der Waals surface area contributed by atoms with E-state index < -0.39 is 9.76 Å². The summed E-state index contributed by atoms with van der Waals surface area (Å²) in [7, 11) is -0.399. The van der Waals surface area contributed by atoms with Crippen LogP contribution in [0, 0.1) is 0 Å². The average Bonchev–Trinajstić information content (AvgIpc) is 1.83. The fourth-order valence-electron chi connectivity index (χ4n) is 0.364. The molecule has 0 saturated heterocycles. The molecule has 1 unspecified atom stereocenters. The van der Waals surface area contributed by atoms with E-state index in [1.165, 1.54) is 0 Å². The molecule has 1 atom stereocenters. The predicted octanol–water partition coefficient (Wildman–Crippen LogP) is 1.08. The normalized spacial score (nSPS) is 15.4. The smallest absolute Gasteiger partial charge is 0.179 e. The van der Waals surface area contributed by atoms with E-state index in [1.807, 2.05) is 6.92 Å². The van der Waals surface area contributed by atoms with Gasteiger partial charge in [0.25, 0.3) is 0 Å². The van der Waals surface area contributed by atoms with Crippen molar-refractivity contribution in [2.45, 2.75) is 25.3 Å². The van der Waals surface area contributed by atoms with Crippen LogP contribution in [0.25, 0.3) is 0 Å². The Labute approximate surface area is 58.3 Å². The Balaban J connectivity index is 2.86. The third-order valence-corrected chi connectivity index (χ3v) is 3.22. The lowest BCUT2D eigenvalue weighted by Gasteiger charge is -2.02. The maximum atomic E-state index is 5.78. The third kappa shape index (κ3) is 4.62. The number of hydrogen-bond acceptors (Lipinski definition) is 1. The molecule has 0 aromatic rings. The van der Waals surface area contributed by atoms with Crippen LogP contribution in [0.4, 0.5) is 0 Å². The molecule has 0 aliphatic heterocycles. The quantitative estimate of drug-likeness (QED) is 0.433. The summed E-state index contributed by atoms with van der Waals surface area (Å²) in [5, 5.41) is 0.343. The number of alkyl halides is 1. The zero-order valence-corrected chi connectivity index (χ0v) is 7.66. The lowest BCUT2D eigenvalue weighted by atomic mass is 10.6. The van der Waals surface area contributed by atoms with Gasteiger partial charge in [0.15, 0.2) is 9.76 Å². The summed E-state index contributed by atoms with van der Waals surface area (Å²) in [6.45, 7) is 4.92. The van der Waals surface area contributed by atoms with Gasteiger partial charge < -0.3 is 4.43 Å². The van der Waals surface area contributed by atoms with Gasteiger partial charge in [0.2, 0.25) is 0 Å². The van der Waals surface area contributed by atoms with Crippen LogP contribution in [-0.2, 0) is 4.43 Å². The minimum absolute atomic E-state index is 0.343. The van der Waals surface area contributed by atoms with Crippen LogP contribution in [0.15, 0.2) is 0 Å². The summed E-state index contributed by atoms with van der Waals surface area (Å²) in [5.41, 5.74) is 0. The van der Waals surface area contributed by atoms with Gasteiger partial charge in [-0.15, -0.1) is 11.6 Å². The fourth-order valence-corrected chi connectivity index (χ4v) is 1.36. The number of hydrogen-bond donors (Lipinski definition) is 0. The molecule has 0 fully saturated rings. The van der Waals surface area contributed by atoms with Gasteiger partial charge in [-0.3, -0.25) is 0 Å². The van der Waals surface area contributed by atoms with Crippen molar-refractivity contribution >= 4 is 21.4 Å². The van der Waals surface area contributed by atoms with Crippen LogP contribution >= 0.6 is 11.6 Å². The Morgan fingerprint density at radius 1 is 1.62 bits per heavy atom. The van der Waals surface area contributed by atoms with Gasteiger partial charge in [-0.2, -0.15) is 0 Å². The molecular weight excluding hydrogens is 140 g/mol. The molecule has 0 aromatic carbocycles. The first kappa shape index (κ1) is 8.47. The first-order valence-electron chi connectivity index (χ1n) is 3.03. The highest BCUT2D eigenvalue weighted by Crippen LogP contribution is 1.97. The van der Waals surface area contributed by atoms with Crippen molar-refractivity contribution in [2.75, 3.05) is 6.61 Å². The molecule has 0 N–H and O–H groups in total. The molecule has 0 bridgehead atoms. The molecule has 8 heavy (non-hydrogen) atoms. The van der Waals surface area contributed by atoms with E-state index in [-0.39, 0.29) is 0 Å². The second-order valence-electron chi connectivity index (χ2n) is 1.66. The monoisotopic (exact) mass is 152 g/mol.